The molecule has 10 nitrogen and oxygen atoms in total. The summed E-state index contributed by atoms with van der Waals surface area (Å²) in [7, 11) is 0. The third-order valence-corrected chi connectivity index (χ3v) is 5.83. The van der Waals surface area contributed by atoms with E-state index in [1.54, 1.807) is 18.6 Å². The first-order valence-electron chi connectivity index (χ1n) is 11.7. The van der Waals surface area contributed by atoms with Crippen molar-refractivity contribution >= 4 is 23.5 Å². The molecule has 2 saturated heterocycles. The van der Waals surface area contributed by atoms with Gasteiger partial charge in [-0.3, -0.25) is 19.7 Å². The van der Waals surface area contributed by atoms with Gasteiger partial charge in [0.25, 0.3) is 0 Å². The lowest BCUT2D eigenvalue weighted by Gasteiger charge is -2.44. The lowest BCUT2D eigenvalue weighted by Crippen LogP contribution is -2.52. The van der Waals surface area contributed by atoms with Gasteiger partial charge in [-0.2, -0.15) is 26.3 Å². The molecule has 0 aliphatic carbocycles. The van der Waals surface area contributed by atoms with Gasteiger partial charge in [0.1, 0.15) is 0 Å². The summed E-state index contributed by atoms with van der Waals surface area (Å²) < 4.78 is 69.5. The van der Waals surface area contributed by atoms with Crippen molar-refractivity contribution in [3.8, 4) is 0 Å². The first-order valence-corrected chi connectivity index (χ1v) is 11.7. The number of hydrogen-bond donors (Lipinski definition) is 3. The van der Waals surface area contributed by atoms with Crippen LogP contribution in [0.15, 0.2) is 49.1 Å². The Kier molecular flexibility index (Phi) is 11.8. The third kappa shape index (κ3) is 10.8. The molecule has 16 heteroatoms. The van der Waals surface area contributed by atoms with E-state index in [1.165, 1.54) is 5.56 Å². The number of aromatic nitrogens is 2. The standard InChI is InChI=1S/C20H24N4O2.2C2HF3O2/c25-20(23-16-4-2-8-22-12-16)17-6-10-26-19-5-9-24(14-18(17)19)13-15-3-1-7-21-11-15;2*3-2(4,5)1(6)7/h1-4,7-8,11-12,17-19H,5-6,9-10,13-14H2,(H,23,25);2*(H,6,7)/t17-,18+,19-;;/m0../s1. The predicted molar refractivity (Wildman–Crippen MR) is 126 cm³/mol. The minimum absolute atomic E-state index is 0.0225. The molecule has 3 atom stereocenters. The monoisotopic (exact) mass is 580 g/mol. The van der Waals surface area contributed by atoms with Crippen molar-refractivity contribution in [1.82, 2.24) is 14.9 Å². The highest BCUT2D eigenvalue weighted by Gasteiger charge is 2.42. The summed E-state index contributed by atoms with van der Waals surface area (Å²) in [6.45, 7) is 3.40. The average molecular weight is 580 g/mol. The number of carboxylic acids is 2. The van der Waals surface area contributed by atoms with Crippen LogP contribution in [-0.4, -0.2) is 81.1 Å². The largest absolute Gasteiger partial charge is 0.490 e. The minimum atomic E-state index is -5.08. The molecule has 1 amide bonds. The van der Waals surface area contributed by atoms with Crippen molar-refractivity contribution in [2.24, 2.45) is 11.8 Å². The second-order valence-corrected chi connectivity index (χ2v) is 8.69. The fourth-order valence-electron chi connectivity index (χ4n) is 4.08. The highest BCUT2D eigenvalue weighted by molar-refractivity contribution is 5.92. The number of alkyl halides is 6. The lowest BCUT2D eigenvalue weighted by atomic mass is 9.79. The maximum Gasteiger partial charge on any atom is 0.490 e. The molecule has 40 heavy (non-hydrogen) atoms. The Bertz CT molecular complexity index is 1080. The smallest absolute Gasteiger partial charge is 0.475 e. The highest BCUT2D eigenvalue weighted by atomic mass is 19.4. The van der Waals surface area contributed by atoms with E-state index < -0.39 is 24.3 Å². The van der Waals surface area contributed by atoms with Crippen LogP contribution in [0.25, 0.3) is 0 Å². The number of fused-ring (bicyclic) bond motifs is 1. The van der Waals surface area contributed by atoms with Gasteiger partial charge in [0.05, 0.1) is 18.0 Å². The molecule has 0 radical (unpaired) electrons. The Morgan fingerprint density at radius 1 is 0.950 bits per heavy atom. The normalized spacial score (nSPS) is 20.9. The van der Waals surface area contributed by atoms with Gasteiger partial charge in [-0.15, -0.1) is 0 Å². The number of amides is 1. The van der Waals surface area contributed by atoms with E-state index >= 15 is 0 Å². The van der Waals surface area contributed by atoms with E-state index in [2.05, 4.69) is 26.3 Å². The number of hydrogen-bond acceptors (Lipinski definition) is 7. The molecule has 2 aliphatic rings. The molecule has 0 aromatic carbocycles. The Morgan fingerprint density at radius 2 is 1.52 bits per heavy atom. The van der Waals surface area contributed by atoms with Crippen molar-refractivity contribution in [2.45, 2.75) is 37.8 Å². The maximum absolute atomic E-state index is 12.9. The molecule has 0 spiro atoms. The minimum Gasteiger partial charge on any atom is -0.475 e. The number of aliphatic carboxylic acids is 2. The SMILES string of the molecule is O=C(Nc1cccnc1)[C@H]1CCO[C@H]2CCN(Cc3cccnc3)C[C@@H]21.O=C(O)C(F)(F)F.O=C(O)C(F)(F)F. The van der Waals surface area contributed by atoms with Crippen LogP contribution in [0.3, 0.4) is 0 Å². The van der Waals surface area contributed by atoms with E-state index in [1.807, 2.05) is 24.4 Å². The van der Waals surface area contributed by atoms with Crippen molar-refractivity contribution in [1.29, 1.82) is 0 Å². The van der Waals surface area contributed by atoms with E-state index in [9.17, 15) is 31.1 Å². The van der Waals surface area contributed by atoms with Gasteiger partial charge < -0.3 is 20.3 Å². The number of carbonyl (C=O) groups excluding carboxylic acids is 1. The van der Waals surface area contributed by atoms with Gasteiger partial charge in [-0.1, -0.05) is 6.07 Å². The molecule has 4 rings (SSSR count). The molecule has 2 aromatic heterocycles. The van der Waals surface area contributed by atoms with Gasteiger partial charge in [0.2, 0.25) is 5.91 Å². The number of rotatable bonds is 4. The lowest BCUT2D eigenvalue weighted by molar-refractivity contribution is -0.193. The average Bonchev–Trinajstić information content (AvgIpc) is 2.89. The summed E-state index contributed by atoms with van der Waals surface area (Å²) in [5, 5.41) is 17.3. The number of halogens is 6. The molecule has 2 aliphatic heterocycles. The molecule has 0 bridgehead atoms. The van der Waals surface area contributed by atoms with Crippen molar-refractivity contribution in [2.75, 3.05) is 25.0 Å². The second kappa shape index (κ2) is 14.6. The fraction of sp³-hybridized carbons (Fsp3) is 0.458. The van der Waals surface area contributed by atoms with Crippen LogP contribution in [0.1, 0.15) is 18.4 Å². The van der Waals surface area contributed by atoms with E-state index in [4.69, 9.17) is 24.5 Å². The van der Waals surface area contributed by atoms with Crippen LogP contribution < -0.4 is 5.32 Å². The third-order valence-electron chi connectivity index (χ3n) is 5.83. The van der Waals surface area contributed by atoms with Crippen LogP contribution in [0, 0.1) is 11.8 Å². The van der Waals surface area contributed by atoms with Crippen molar-refractivity contribution < 1.29 is 55.7 Å². The van der Waals surface area contributed by atoms with Gasteiger partial charge >= 0.3 is 24.3 Å². The number of ether oxygens (including phenoxy) is 1. The zero-order valence-electron chi connectivity index (χ0n) is 20.7. The van der Waals surface area contributed by atoms with E-state index in [0.717, 1.165) is 38.2 Å². The molecule has 3 N–H and O–H groups in total. The van der Waals surface area contributed by atoms with Crippen LogP contribution in [0.5, 0.6) is 0 Å². The first kappa shape index (κ1) is 32.4. The number of likely N-dealkylation sites (tertiary alicyclic amines) is 1. The number of carbonyl (C=O) groups is 3. The summed E-state index contributed by atoms with van der Waals surface area (Å²) in [6, 6.07) is 7.77. The molecule has 0 unspecified atom stereocenters. The maximum atomic E-state index is 12.9. The molecule has 4 heterocycles. The number of pyridine rings is 2. The summed E-state index contributed by atoms with van der Waals surface area (Å²) in [5.41, 5.74) is 1.96. The molecule has 220 valence electrons. The topological polar surface area (TPSA) is 142 Å². The van der Waals surface area contributed by atoms with Crippen LogP contribution >= 0.6 is 0 Å². The van der Waals surface area contributed by atoms with Gasteiger partial charge in [0, 0.05) is 56.7 Å². The predicted octanol–water partition coefficient (Wildman–Crippen LogP) is 3.61. The van der Waals surface area contributed by atoms with E-state index in [0.29, 0.717) is 6.61 Å². The van der Waals surface area contributed by atoms with Crippen LogP contribution in [-0.2, 0) is 25.7 Å². The van der Waals surface area contributed by atoms with Gasteiger partial charge in [0.15, 0.2) is 0 Å². The van der Waals surface area contributed by atoms with Crippen LogP contribution in [0.2, 0.25) is 0 Å². The Morgan fingerprint density at radius 3 is 2.02 bits per heavy atom. The fourth-order valence-corrected chi connectivity index (χ4v) is 4.08. The zero-order chi connectivity index (χ0) is 29.9. The summed E-state index contributed by atoms with van der Waals surface area (Å²) in [4.78, 5) is 41.3. The first-order chi connectivity index (χ1) is 18.7. The molecular formula is C24H26F6N4O6. The number of nitrogens with zero attached hydrogens (tertiary/aromatic N) is 3. The second-order valence-electron chi connectivity index (χ2n) is 8.69. The molecule has 0 saturated carbocycles. The molecule has 2 fully saturated rings. The number of piperidine rings is 1. The van der Waals surface area contributed by atoms with Gasteiger partial charge in [-0.25, -0.2) is 9.59 Å². The Labute approximate surface area is 224 Å². The summed E-state index contributed by atoms with van der Waals surface area (Å²) >= 11 is 0. The quantitative estimate of drug-likeness (QED) is 0.463. The Hall–Kier alpha value is -3.79. The van der Waals surface area contributed by atoms with E-state index in [-0.39, 0.29) is 23.8 Å². The summed E-state index contributed by atoms with van der Waals surface area (Å²) in [6.07, 6.45) is -1.14. The molecular weight excluding hydrogens is 554 g/mol. The van der Waals surface area contributed by atoms with Crippen molar-refractivity contribution in [3.05, 3.63) is 54.6 Å². The van der Waals surface area contributed by atoms with Gasteiger partial charge in [-0.05, 0) is 36.6 Å². The Balaban J connectivity index is 0.000000333. The number of carboxylic acid groups (broad SMARTS) is 2. The number of anilines is 1. The van der Waals surface area contributed by atoms with Crippen molar-refractivity contribution in [3.63, 3.8) is 0 Å². The number of nitrogens with one attached hydrogen (secondary N) is 1. The highest BCUT2D eigenvalue weighted by Crippen LogP contribution is 2.34. The zero-order valence-corrected chi connectivity index (χ0v) is 20.7. The van der Waals surface area contributed by atoms with Crippen LogP contribution in [0.4, 0.5) is 32.0 Å². The summed E-state index contributed by atoms with van der Waals surface area (Å²) in [5.74, 6) is -5.23. The molecule has 2 aromatic rings.